The van der Waals surface area contributed by atoms with Crippen LogP contribution in [-0.2, 0) is 14.8 Å². The molecule has 1 amide bonds. The summed E-state index contributed by atoms with van der Waals surface area (Å²) in [5, 5.41) is 2.64. The Kier molecular flexibility index (Phi) is 6.65. The van der Waals surface area contributed by atoms with Gasteiger partial charge in [0.2, 0.25) is 15.9 Å². The van der Waals surface area contributed by atoms with Gasteiger partial charge in [0, 0.05) is 11.8 Å². The second-order valence-corrected chi connectivity index (χ2v) is 7.29. The van der Waals surface area contributed by atoms with E-state index in [0.29, 0.717) is 17.2 Å². The highest BCUT2D eigenvalue weighted by molar-refractivity contribution is 7.89. The van der Waals surface area contributed by atoms with Crippen LogP contribution in [0.25, 0.3) is 0 Å². The van der Waals surface area contributed by atoms with Gasteiger partial charge < -0.3 is 19.5 Å². The standard InChI is InChI=1S/C18H22N2O6S/c1-12(18(21)19-13-5-7-14(24-2)8-6-13)20-27(22,23)15-9-10-16(25-3)17(11-15)26-4/h5-12,20H,1-4H3,(H,19,21)/t12-/m1/s1. The highest BCUT2D eigenvalue weighted by atomic mass is 32.2. The highest BCUT2D eigenvalue weighted by Crippen LogP contribution is 2.29. The summed E-state index contributed by atoms with van der Waals surface area (Å²) < 4.78 is 42.7. The van der Waals surface area contributed by atoms with Gasteiger partial charge in [-0.25, -0.2) is 8.42 Å². The van der Waals surface area contributed by atoms with Crippen LogP contribution in [0.1, 0.15) is 6.92 Å². The van der Waals surface area contributed by atoms with Crippen LogP contribution < -0.4 is 24.2 Å². The molecule has 2 aromatic rings. The maximum atomic E-state index is 12.5. The zero-order valence-electron chi connectivity index (χ0n) is 15.5. The van der Waals surface area contributed by atoms with E-state index in [9.17, 15) is 13.2 Å². The lowest BCUT2D eigenvalue weighted by Crippen LogP contribution is -2.41. The quantitative estimate of drug-likeness (QED) is 0.710. The van der Waals surface area contributed by atoms with Crippen LogP contribution in [0.3, 0.4) is 0 Å². The van der Waals surface area contributed by atoms with E-state index in [1.807, 2.05) is 0 Å². The molecule has 0 unspecified atom stereocenters. The summed E-state index contributed by atoms with van der Waals surface area (Å²) in [6.07, 6.45) is 0. The topological polar surface area (TPSA) is 103 Å². The lowest BCUT2D eigenvalue weighted by atomic mass is 10.2. The first-order valence-electron chi connectivity index (χ1n) is 8.00. The van der Waals surface area contributed by atoms with Gasteiger partial charge >= 0.3 is 0 Å². The van der Waals surface area contributed by atoms with Crippen molar-refractivity contribution in [1.82, 2.24) is 4.72 Å². The molecule has 0 saturated carbocycles. The van der Waals surface area contributed by atoms with E-state index in [2.05, 4.69) is 10.0 Å². The van der Waals surface area contributed by atoms with Crippen LogP contribution in [0.4, 0.5) is 5.69 Å². The zero-order valence-corrected chi connectivity index (χ0v) is 16.3. The number of anilines is 1. The molecule has 0 heterocycles. The summed E-state index contributed by atoms with van der Waals surface area (Å²) in [5.41, 5.74) is 0.526. The molecule has 2 aromatic carbocycles. The number of ether oxygens (including phenoxy) is 3. The predicted octanol–water partition coefficient (Wildman–Crippen LogP) is 2.02. The summed E-state index contributed by atoms with van der Waals surface area (Å²) in [6.45, 7) is 1.46. The van der Waals surface area contributed by atoms with Crippen LogP contribution in [0.15, 0.2) is 47.4 Å². The van der Waals surface area contributed by atoms with E-state index in [0.717, 1.165) is 0 Å². The molecule has 0 aromatic heterocycles. The lowest BCUT2D eigenvalue weighted by molar-refractivity contribution is -0.117. The number of amides is 1. The fourth-order valence-electron chi connectivity index (χ4n) is 2.26. The van der Waals surface area contributed by atoms with Crippen LogP contribution in [0.2, 0.25) is 0 Å². The number of hydrogen-bond donors (Lipinski definition) is 2. The van der Waals surface area contributed by atoms with Crippen molar-refractivity contribution in [2.75, 3.05) is 26.6 Å². The fourth-order valence-corrected chi connectivity index (χ4v) is 3.48. The molecule has 0 aliphatic heterocycles. The molecule has 146 valence electrons. The van der Waals surface area contributed by atoms with Crippen LogP contribution in [0, 0.1) is 0 Å². The number of sulfonamides is 1. The second-order valence-electron chi connectivity index (χ2n) is 5.58. The number of carbonyl (C=O) groups is 1. The van der Waals surface area contributed by atoms with Gasteiger partial charge in [0.1, 0.15) is 5.75 Å². The summed E-state index contributed by atoms with van der Waals surface area (Å²) >= 11 is 0. The average Bonchev–Trinajstić information content (AvgIpc) is 2.67. The Bertz CT molecular complexity index is 897. The van der Waals surface area contributed by atoms with E-state index in [-0.39, 0.29) is 10.6 Å². The minimum absolute atomic E-state index is 0.0377. The number of nitrogens with one attached hydrogen (secondary N) is 2. The summed E-state index contributed by atoms with van der Waals surface area (Å²) in [5.74, 6) is 0.830. The third-order valence-corrected chi connectivity index (χ3v) is 5.29. The molecular formula is C18H22N2O6S. The average molecular weight is 394 g/mol. The lowest BCUT2D eigenvalue weighted by Gasteiger charge is -2.15. The molecule has 9 heteroatoms. The molecule has 0 fully saturated rings. The van der Waals surface area contributed by atoms with Crippen molar-refractivity contribution in [3.05, 3.63) is 42.5 Å². The second kappa shape index (κ2) is 8.74. The molecular weight excluding hydrogens is 372 g/mol. The molecule has 2 rings (SSSR count). The van der Waals surface area contributed by atoms with Crippen molar-refractivity contribution < 1.29 is 27.4 Å². The normalized spacial score (nSPS) is 12.1. The minimum Gasteiger partial charge on any atom is -0.497 e. The van der Waals surface area contributed by atoms with E-state index < -0.39 is 22.0 Å². The third-order valence-electron chi connectivity index (χ3n) is 3.75. The summed E-state index contributed by atoms with van der Waals surface area (Å²) in [7, 11) is 0.472. The Morgan fingerprint density at radius 1 is 0.926 bits per heavy atom. The Labute approximate surface area is 158 Å². The van der Waals surface area contributed by atoms with E-state index in [1.165, 1.54) is 39.3 Å². The Morgan fingerprint density at radius 2 is 1.56 bits per heavy atom. The van der Waals surface area contributed by atoms with Gasteiger partial charge in [-0.1, -0.05) is 0 Å². The van der Waals surface area contributed by atoms with Crippen molar-refractivity contribution in [3.8, 4) is 17.2 Å². The molecule has 27 heavy (non-hydrogen) atoms. The number of carbonyl (C=O) groups excluding carboxylic acids is 1. The van der Waals surface area contributed by atoms with E-state index in [1.54, 1.807) is 31.4 Å². The summed E-state index contributed by atoms with van der Waals surface area (Å²) in [6, 6.07) is 9.88. The maximum Gasteiger partial charge on any atom is 0.242 e. The number of hydrogen-bond acceptors (Lipinski definition) is 6. The van der Waals surface area contributed by atoms with Gasteiger partial charge in [-0.3, -0.25) is 4.79 Å². The van der Waals surface area contributed by atoms with Gasteiger partial charge in [0.05, 0.1) is 32.3 Å². The van der Waals surface area contributed by atoms with E-state index in [4.69, 9.17) is 14.2 Å². The monoisotopic (exact) mass is 394 g/mol. The van der Waals surface area contributed by atoms with Gasteiger partial charge in [0.25, 0.3) is 0 Å². The Balaban J connectivity index is 2.10. The molecule has 0 saturated heterocycles. The molecule has 0 spiro atoms. The smallest absolute Gasteiger partial charge is 0.242 e. The van der Waals surface area contributed by atoms with Gasteiger partial charge in [-0.2, -0.15) is 4.72 Å². The molecule has 0 radical (unpaired) electrons. The maximum absolute atomic E-state index is 12.5. The van der Waals surface area contributed by atoms with Crippen LogP contribution in [-0.4, -0.2) is 41.7 Å². The van der Waals surface area contributed by atoms with E-state index >= 15 is 0 Å². The van der Waals surface area contributed by atoms with Gasteiger partial charge in [-0.15, -0.1) is 0 Å². The number of methoxy groups -OCH3 is 3. The van der Waals surface area contributed by atoms with Crippen molar-refractivity contribution >= 4 is 21.6 Å². The van der Waals surface area contributed by atoms with Gasteiger partial charge in [0.15, 0.2) is 11.5 Å². The minimum atomic E-state index is -3.93. The van der Waals surface area contributed by atoms with Crippen molar-refractivity contribution in [1.29, 1.82) is 0 Å². The molecule has 0 bridgehead atoms. The molecule has 8 nitrogen and oxygen atoms in total. The fraction of sp³-hybridized carbons (Fsp3) is 0.278. The van der Waals surface area contributed by atoms with Crippen molar-refractivity contribution in [2.45, 2.75) is 17.9 Å². The predicted molar refractivity (Wildman–Crippen MR) is 101 cm³/mol. The van der Waals surface area contributed by atoms with Crippen molar-refractivity contribution in [3.63, 3.8) is 0 Å². The molecule has 2 N–H and O–H groups in total. The van der Waals surface area contributed by atoms with Crippen molar-refractivity contribution in [2.24, 2.45) is 0 Å². The Hall–Kier alpha value is -2.78. The summed E-state index contributed by atoms with van der Waals surface area (Å²) in [4.78, 5) is 12.2. The highest BCUT2D eigenvalue weighted by Gasteiger charge is 2.23. The molecule has 0 aliphatic rings. The zero-order chi connectivity index (χ0) is 20.0. The van der Waals surface area contributed by atoms with Gasteiger partial charge in [-0.05, 0) is 43.3 Å². The SMILES string of the molecule is COc1ccc(NC(=O)[C@@H](C)NS(=O)(=O)c2ccc(OC)c(OC)c2)cc1. The number of rotatable bonds is 8. The van der Waals surface area contributed by atoms with Crippen LogP contribution >= 0.6 is 0 Å². The van der Waals surface area contributed by atoms with Crippen LogP contribution in [0.5, 0.6) is 17.2 Å². The first kappa shape index (κ1) is 20.5. The third kappa shape index (κ3) is 5.11. The first-order chi connectivity index (χ1) is 12.8. The number of benzene rings is 2. The largest absolute Gasteiger partial charge is 0.497 e. The Morgan fingerprint density at radius 3 is 2.11 bits per heavy atom. The molecule has 1 atom stereocenters. The first-order valence-corrected chi connectivity index (χ1v) is 9.48. The molecule has 0 aliphatic carbocycles.